The Morgan fingerprint density at radius 2 is 1.60 bits per heavy atom. The summed E-state index contributed by atoms with van der Waals surface area (Å²) in [5.74, 6) is -3.75. The van der Waals surface area contributed by atoms with Gasteiger partial charge in [0.15, 0.2) is 23.4 Å². The number of hydrogen-bond donors (Lipinski definition) is 2. The molecule has 1 aromatic carbocycles. The lowest BCUT2D eigenvalue weighted by Crippen LogP contribution is -2.60. The van der Waals surface area contributed by atoms with Gasteiger partial charge in [-0.3, -0.25) is 19.4 Å². The van der Waals surface area contributed by atoms with Gasteiger partial charge in [-0.05, 0) is 98.9 Å². The van der Waals surface area contributed by atoms with Gasteiger partial charge < -0.3 is 53.2 Å². The number of aliphatic hydroxyl groups excluding tert-OH is 2. The van der Waals surface area contributed by atoms with E-state index in [0.717, 1.165) is 31.4 Å². The Balaban J connectivity index is 1.33. The summed E-state index contributed by atoms with van der Waals surface area (Å²) in [5.41, 5.74) is -1.18. The van der Waals surface area contributed by atoms with Crippen molar-refractivity contribution in [3.63, 3.8) is 0 Å². The number of anilines is 1. The first kappa shape index (κ1) is 56.4. The van der Waals surface area contributed by atoms with Crippen LogP contribution in [0.15, 0.2) is 30.6 Å². The van der Waals surface area contributed by atoms with E-state index in [2.05, 4.69) is 9.88 Å². The average molecular weight is 1040 g/mol. The number of ether oxygens (including phenoxy) is 7. The predicted molar refractivity (Wildman–Crippen MR) is 271 cm³/mol. The molecule has 392 valence electrons. The van der Waals surface area contributed by atoms with Crippen molar-refractivity contribution in [3.8, 4) is 11.5 Å². The molecular weight excluding hydrogens is 962 g/mol. The maximum atomic E-state index is 15.1. The van der Waals surface area contributed by atoms with Gasteiger partial charge in [-0.15, -0.1) is 11.8 Å². The van der Waals surface area contributed by atoms with Crippen LogP contribution in [0.4, 0.5) is 5.69 Å². The van der Waals surface area contributed by atoms with E-state index in [-0.39, 0.29) is 36.9 Å². The zero-order chi connectivity index (χ0) is 51.4. The number of ketones is 1. The number of thioether (sulfide) groups is 1. The highest BCUT2D eigenvalue weighted by molar-refractivity contribution is 8.00. The molecule has 1 aliphatic carbocycles. The predicted octanol–water partition coefficient (Wildman–Crippen LogP) is 8.17. The van der Waals surface area contributed by atoms with E-state index in [1.54, 1.807) is 40.3 Å². The zero-order valence-corrected chi connectivity index (χ0v) is 45.4. The van der Waals surface area contributed by atoms with E-state index in [1.807, 2.05) is 71.8 Å². The van der Waals surface area contributed by atoms with E-state index < -0.39 is 88.7 Å². The van der Waals surface area contributed by atoms with Crippen LogP contribution in [0.25, 0.3) is 0 Å². The number of nitrogens with zero attached hydrogens (tertiary/aromatic N) is 3. The Kier molecular flexibility index (Phi) is 19.3. The minimum absolute atomic E-state index is 0.0819. The second kappa shape index (κ2) is 24.0. The number of carbonyl (C=O) groups is 3. The molecule has 0 amide bonds. The van der Waals surface area contributed by atoms with Crippen molar-refractivity contribution < 1.29 is 57.8 Å². The summed E-state index contributed by atoms with van der Waals surface area (Å²) in [4.78, 5) is 52.0. The molecule has 6 rings (SSSR count). The Bertz CT molecular complexity index is 2100. The van der Waals surface area contributed by atoms with E-state index in [0.29, 0.717) is 52.4 Å². The van der Waals surface area contributed by atoms with Crippen molar-refractivity contribution in [1.82, 2.24) is 9.88 Å². The van der Waals surface area contributed by atoms with Crippen molar-refractivity contribution in [2.24, 2.45) is 29.6 Å². The second-order valence-corrected chi connectivity index (χ2v) is 22.8. The number of likely N-dealkylation sites (N-methyl/N-ethyl adjacent to an activating group) is 1. The van der Waals surface area contributed by atoms with Crippen molar-refractivity contribution in [3.05, 3.63) is 46.2 Å². The van der Waals surface area contributed by atoms with E-state index in [4.69, 9.17) is 56.4 Å². The molecule has 15 atom stereocenters. The van der Waals surface area contributed by atoms with Gasteiger partial charge in [-0.2, -0.15) is 0 Å². The highest BCUT2D eigenvalue weighted by Gasteiger charge is 2.61. The van der Waals surface area contributed by atoms with Gasteiger partial charge in [0, 0.05) is 85.4 Å². The molecule has 0 spiro atoms. The number of methoxy groups -OCH3 is 2. The molecule has 0 radical (unpaired) electrons. The minimum Gasteiger partial charge on any atom is -0.493 e. The smallest absolute Gasteiger partial charge is 0.320 e. The largest absolute Gasteiger partial charge is 0.493 e. The molecule has 70 heavy (non-hydrogen) atoms. The fourth-order valence-electron chi connectivity index (χ4n) is 11.4. The standard InChI is InChI=1S/C52H77Cl2N3O12S/c1-13-41-52(8)42(30(4)43(58)28(2)24-51(7,64-12)47(31(5)44(59)32(6)48(61)67-41)68-50-45(60)38(56(9)10)22-29(3)65-50)46(49(62)69-52)70-21-20-57(27-35-36(53)25-55-26-37(35)54)33-18-19-39(63-11)40(23-33)66-34-16-14-15-17-34/h18-19,23,25-26,28-32,34,38,41-42,44-47,50,59-60H,13-17,20-22,24,27H2,1-12H3/t28-,29-,30-,31+,32-,38+,41-,42+,44+,45-,46+,47-,50+,51-,52-/m1/s1. The molecular formula is C52H77Cl2N3O12S. The Morgan fingerprint density at radius 1 is 0.929 bits per heavy atom. The number of aromatic nitrogens is 1. The Morgan fingerprint density at radius 3 is 2.21 bits per heavy atom. The number of benzene rings is 1. The molecule has 0 bridgehead atoms. The molecule has 2 N–H and O–H groups in total. The Hall–Kier alpha value is -2.93. The summed E-state index contributed by atoms with van der Waals surface area (Å²) in [6.45, 7) is 15.0. The summed E-state index contributed by atoms with van der Waals surface area (Å²) in [7, 11) is 6.90. The molecule has 0 unspecified atom stereocenters. The van der Waals surface area contributed by atoms with Gasteiger partial charge in [0.2, 0.25) is 0 Å². The van der Waals surface area contributed by atoms with Gasteiger partial charge in [0.1, 0.15) is 23.2 Å². The minimum atomic E-state index is -1.42. The molecule has 1 aromatic heterocycles. The first-order valence-corrected chi connectivity index (χ1v) is 26.7. The lowest BCUT2D eigenvalue weighted by atomic mass is 9.70. The fraction of sp³-hybridized carbons (Fsp3) is 0.731. The lowest BCUT2D eigenvalue weighted by Gasteiger charge is -2.48. The lowest BCUT2D eigenvalue weighted by molar-refractivity contribution is -0.301. The molecule has 4 fully saturated rings. The van der Waals surface area contributed by atoms with Gasteiger partial charge in [-0.1, -0.05) is 50.9 Å². The third-order valence-corrected chi connectivity index (χ3v) is 17.5. The first-order chi connectivity index (χ1) is 33.1. The number of carbonyl (C=O) groups excluding carboxylic acids is 3. The summed E-state index contributed by atoms with van der Waals surface area (Å²) in [6, 6.07) is 5.50. The van der Waals surface area contributed by atoms with Gasteiger partial charge in [-0.25, -0.2) is 0 Å². The average Bonchev–Trinajstić information content (AvgIpc) is 3.93. The number of hydrogen-bond acceptors (Lipinski definition) is 16. The van der Waals surface area contributed by atoms with Crippen LogP contribution in [0.2, 0.25) is 10.0 Å². The maximum Gasteiger partial charge on any atom is 0.320 e. The van der Waals surface area contributed by atoms with Gasteiger partial charge in [0.05, 0.1) is 53.1 Å². The van der Waals surface area contributed by atoms with E-state index >= 15 is 4.79 Å². The summed E-state index contributed by atoms with van der Waals surface area (Å²) in [6.07, 6.45) is 2.61. The quantitative estimate of drug-likeness (QED) is 0.163. The highest BCUT2D eigenvalue weighted by Crippen LogP contribution is 2.49. The summed E-state index contributed by atoms with van der Waals surface area (Å²) in [5, 5.41) is 23.6. The van der Waals surface area contributed by atoms with Crippen LogP contribution in [-0.4, -0.2) is 144 Å². The van der Waals surface area contributed by atoms with E-state index in [1.165, 1.54) is 18.9 Å². The number of Topliss-reactive ketones (excluding diaryl/α,β-unsaturated/α-hetero) is 1. The van der Waals surface area contributed by atoms with Crippen LogP contribution in [-0.2, 0) is 44.6 Å². The van der Waals surface area contributed by atoms with Crippen LogP contribution >= 0.6 is 35.0 Å². The normalized spacial score (nSPS) is 35.8. The van der Waals surface area contributed by atoms with Crippen molar-refractivity contribution in [1.29, 1.82) is 0 Å². The van der Waals surface area contributed by atoms with E-state index in [9.17, 15) is 19.8 Å². The topological polar surface area (TPSA) is 176 Å². The summed E-state index contributed by atoms with van der Waals surface area (Å²) < 4.78 is 44.1. The number of cyclic esters (lactones) is 1. The number of aliphatic hydroxyl groups is 2. The molecule has 18 heteroatoms. The number of fused-ring (bicyclic) bond motifs is 1. The molecule has 3 aliphatic heterocycles. The fourth-order valence-corrected chi connectivity index (χ4v) is 13.4. The molecule has 4 aliphatic rings. The first-order valence-electron chi connectivity index (χ1n) is 24.9. The molecule has 1 saturated carbocycles. The van der Waals surface area contributed by atoms with Crippen molar-refractivity contribution >= 4 is 58.4 Å². The van der Waals surface area contributed by atoms with Crippen LogP contribution in [0, 0.1) is 29.6 Å². The monoisotopic (exact) mass is 1040 g/mol. The van der Waals surface area contributed by atoms with Crippen LogP contribution < -0.4 is 14.4 Å². The molecule has 3 saturated heterocycles. The van der Waals surface area contributed by atoms with Crippen LogP contribution in [0.1, 0.15) is 106 Å². The SMILES string of the molecule is CC[C@H]1OC(=O)[C@H](C)[C@@H](O)[C@H](C)[C@@H](O[C@@H]2O[C@H](C)C[C@H](N(C)C)[C@H]2O)[C@](C)(OC)C[C@@H](C)C(=O)[C@H](C)[C@H]2[C@H](SCCN(Cc3c(Cl)cncc3Cl)c3ccc(OC)c(OC4CCCC4)c3)C(=O)O[C@@]21C. The number of halogens is 2. The molecule has 2 aromatic rings. The number of rotatable bonds is 15. The maximum absolute atomic E-state index is 15.1. The Labute approximate surface area is 429 Å². The van der Waals surface area contributed by atoms with Crippen molar-refractivity contribution in [2.45, 2.75) is 172 Å². The zero-order valence-electron chi connectivity index (χ0n) is 43.0. The summed E-state index contributed by atoms with van der Waals surface area (Å²) >= 11 is 14.8. The second-order valence-electron chi connectivity index (χ2n) is 20.7. The third-order valence-electron chi connectivity index (χ3n) is 15.6. The van der Waals surface area contributed by atoms with Crippen LogP contribution in [0.3, 0.4) is 0 Å². The van der Waals surface area contributed by atoms with Gasteiger partial charge in [0.25, 0.3) is 0 Å². The third kappa shape index (κ3) is 12.2. The molecule has 4 heterocycles. The van der Waals surface area contributed by atoms with Crippen LogP contribution in [0.5, 0.6) is 11.5 Å². The highest BCUT2D eigenvalue weighted by atomic mass is 35.5. The van der Waals surface area contributed by atoms with Gasteiger partial charge >= 0.3 is 11.9 Å². The molecule has 15 nitrogen and oxygen atoms in total. The number of pyridine rings is 1. The number of esters is 2. The van der Waals surface area contributed by atoms with Crippen molar-refractivity contribution in [2.75, 3.05) is 45.5 Å².